The number of ether oxygens (including phenoxy) is 1. The number of fused-ring (bicyclic) bond motifs is 1. The van der Waals surface area contributed by atoms with Gasteiger partial charge in [0.05, 0.1) is 25.8 Å². The zero-order valence-corrected chi connectivity index (χ0v) is 17.4. The summed E-state index contributed by atoms with van der Waals surface area (Å²) in [6.45, 7) is 6.45. The van der Waals surface area contributed by atoms with Crippen molar-refractivity contribution in [3.05, 3.63) is 16.2 Å². The van der Waals surface area contributed by atoms with Crippen LogP contribution in [0.5, 0.6) is 0 Å². The summed E-state index contributed by atoms with van der Waals surface area (Å²) in [7, 11) is 0. The van der Waals surface area contributed by atoms with Crippen LogP contribution in [0.1, 0.15) is 34.1 Å². The fourth-order valence-corrected chi connectivity index (χ4v) is 3.62. The van der Waals surface area contributed by atoms with Gasteiger partial charge in [0.2, 0.25) is 11.8 Å². The van der Waals surface area contributed by atoms with Crippen LogP contribution < -0.4 is 15.4 Å². The molecule has 0 aromatic carbocycles. The maximum Gasteiger partial charge on any atom is 0.408 e. The zero-order chi connectivity index (χ0) is 22.4. The van der Waals surface area contributed by atoms with Gasteiger partial charge in [-0.1, -0.05) is 20.8 Å². The average Bonchev–Trinajstić information content (AvgIpc) is 2.63. The molecule has 1 saturated heterocycles. The van der Waals surface area contributed by atoms with Crippen molar-refractivity contribution in [1.82, 2.24) is 9.55 Å². The molecule has 1 aromatic heterocycles. The molecule has 11 heteroatoms. The highest BCUT2D eigenvalue weighted by Crippen LogP contribution is 2.35. The minimum absolute atomic E-state index is 0.248. The molecule has 3 rings (SSSR count). The Hall–Kier alpha value is -2.17. The van der Waals surface area contributed by atoms with E-state index in [4.69, 9.17) is 4.74 Å². The van der Waals surface area contributed by atoms with E-state index >= 15 is 0 Å². The lowest BCUT2D eigenvalue weighted by Gasteiger charge is -2.41. The van der Waals surface area contributed by atoms with Crippen LogP contribution in [-0.2, 0) is 16.1 Å². The molecule has 0 spiro atoms. The van der Waals surface area contributed by atoms with E-state index in [2.05, 4.69) is 4.98 Å². The number of halogens is 4. The van der Waals surface area contributed by atoms with Crippen molar-refractivity contribution in [3.8, 4) is 0 Å². The lowest BCUT2D eigenvalue weighted by atomic mass is 9.90. The number of ketones is 1. The van der Waals surface area contributed by atoms with E-state index in [0.717, 1.165) is 9.47 Å². The Bertz CT molecular complexity index is 878. The summed E-state index contributed by atoms with van der Waals surface area (Å²) < 4.78 is 62.4. The Kier molecular flexibility index (Phi) is 5.87. The minimum atomic E-state index is -4.64. The van der Waals surface area contributed by atoms with Gasteiger partial charge >= 0.3 is 6.18 Å². The number of hydrogen-bond donors (Lipinski definition) is 0. The van der Waals surface area contributed by atoms with Gasteiger partial charge in [-0.2, -0.15) is 22.5 Å². The largest absolute Gasteiger partial charge is 0.408 e. The molecule has 0 N–H and O–H groups in total. The van der Waals surface area contributed by atoms with Crippen LogP contribution in [0.2, 0.25) is 0 Å². The van der Waals surface area contributed by atoms with E-state index in [1.807, 2.05) is 0 Å². The van der Waals surface area contributed by atoms with Crippen LogP contribution in [-0.4, -0.2) is 59.9 Å². The first kappa shape index (κ1) is 22.5. The van der Waals surface area contributed by atoms with Crippen LogP contribution in [0.25, 0.3) is 0 Å². The van der Waals surface area contributed by atoms with Gasteiger partial charge in [-0.25, -0.2) is 0 Å². The predicted molar refractivity (Wildman–Crippen MR) is 102 cm³/mol. The third kappa shape index (κ3) is 4.17. The molecule has 0 saturated carbocycles. The second-order valence-electron chi connectivity index (χ2n) is 8.77. The molecule has 7 nitrogen and oxygen atoms in total. The fourth-order valence-electron chi connectivity index (χ4n) is 3.62. The van der Waals surface area contributed by atoms with E-state index in [0.29, 0.717) is 0 Å². The quantitative estimate of drug-likeness (QED) is 0.681. The van der Waals surface area contributed by atoms with Crippen LogP contribution in [0.3, 0.4) is 0 Å². The van der Waals surface area contributed by atoms with E-state index < -0.39 is 47.8 Å². The molecule has 0 aliphatic carbocycles. The first-order chi connectivity index (χ1) is 13.8. The summed E-state index contributed by atoms with van der Waals surface area (Å²) in [6, 6.07) is -2.30. The molecule has 0 unspecified atom stereocenters. The van der Waals surface area contributed by atoms with Gasteiger partial charge in [-0.15, -0.1) is 0 Å². The minimum Gasteiger partial charge on any atom is -0.377 e. The van der Waals surface area contributed by atoms with Crippen molar-refractivity contribution in [2.45, 2.75) is 58.9 Å². The van der Waals surface area contributed by atoms with Gasteiger partial charge in [0, 0.05) is 18.5 Å². The number of rotatable bonds is 3. The number of anilines is 2. The van der Waals surface area contributed by atoms with E-state index in [-0.39, 0.29) is 44.1 Å². The lowest BCUT2D eigenvalue weighted by molar-refractivity contribution is -0.153. The Morgan fingerprint density at radius 1 is 1.23 bits per heavy atom. The molecule has 0 amide bonds. The number of alkyl halides is 3. The molecule has 168 valence electrons. The Balaban J connectivity index is 2.13. The molecular weight excluding hydrogens is 408 g/mol. The van der Waals surface area contributed by atoms with Gasteiger partial charge < -0.3 is 14.5 Å². The first-order valence-electron chi connectivity index (χ1n) is 9.83. The number of morpholine rings is 1. The van der Waals surface area contributed by atoms with Crippen LogP contribution in [0, 0.1) is 11.2 Å². The zero-order valence-electron chi connectivity index (χ0n) is 17.4. The number of aromatic nitrogens is 2. The van der Waals surface area contributed by atoms with Gasteiger partial charge in [-0.05, 0) is 13.3 Å². The van der Waals surface area contributed by atoms with Gasteiger partial charge in [0.1, 0.15) is 6.04 Å². The van der Waals surface area contributed by atoms with Crippen molar-refractivity contribution in [1.29, 1.82) is 0 Å². The Morgan fingerprint density at radius 2 is 1.90 bits per heavy atom. The SMILES string of the molecule is C[C@@H]1COCCN1c1nc2n(c(=O)c1F)CC[C@@H](C(F)(F)F)N2CC(=O)C(C)(C)C. The number of Topliss-reactive ketones (excluding diaryl/α,β-unsaturated/α-hetero) is 1. The summed E-state index contributed by atoms with van der Waals surface area (Å²) in [5.74, 6) is -2.19. The van der Waals surface area contributed by atoms with Crippen LogP contribution >= 0.6 is 0 Å². The highest BCUT2D eigenvalue weighted by molar-refractivity contribution is 5.88. The standard InChI is InChI=1S/C19H26F4N4O3/c1-11-10-30-8-7-25(11)15-14(20)16(29)26-6-5-12(19(21,22)23)27(17(26)24-15)9-13(28)18(2,3)4/h11-12H,5-10H2,1-4H3/t11-,12+/m1/s1. The Morgan fingerprint density at radius 3 is 2.47 bits per heavy atom. The smallest absolute Gasteiger partial charge is 0.377 e. The number of hydrogen-bond acceptors (Lipinski definition) is 6. The summed E-state index contributed by atoms with van der Waals surface area (Å²) in [4.78, 5) is 31.7. The third-order valence-electron chi connectivity index (χ3n) is 5.50. The lowest BCUT2D eigenvalue weighted by Crippen LogP contribution is -2.55. The maximum atomic E-state index is 14.9. The van der Waals surface area contributed by atoms with Crippen molar-refractivity contribution in [2.24, 2.45) is 5.41 Å². The van der Waals surface area contributed by atoms with Crippen molar-refractivity contribution in [3.63, 3.8) is 0 Å². The first-order valence-corrected chi connectivity index (χ1v) is 9.83. The predicted octanol–water partition coefficient (Wildman–Crippen LogP) is 2.36. The van der Waals surface area contributed by atoms with Crippen molar-refractivity contribution < 1.29 is 27.1 Å². The summed E-state index contributed by atoms with van der Waals surface area (Å²) in [5.41, 5.74) is -1.93. The second-order valence-corrected chi connectivity index (χ2v) is 8.77. The molecule has 30 heavy (non-hydrogen) atoms. The molecule has 2 aliphatic heterocycles. The molecule has 3 heterocycles. The summed E-state index contributed by atoms with van der Waals surface area (Å²) in [5, 5.41) is 0. The highest BCUT2D eigenvalue weighted by Gasteiger charge is 2.48. The maximum absolute atomic E-state index is 14.9. The Labute approximate surface area is 171 Å². The monoisotopic (exact) mass is 434 g/mol. The van der Waals surface area contributed by atoms with Gasteiger partial charge in [0.25, 0.3) is 5.56 Å². The van der Waals surface area contributed by atoms with Crippen LogP contribution in [0.15, 0.2) is 4.79 Å². The normalized spacial score (nSPS) is 22.8. The number of carbonyl (C=O) groups is 1. The molecule has 1 fully saturated rings. The van der Waals surface area contributed by atoms with Crippen molar-refractivity contribution in [2.75, 3.05) is 36.1 Å². The highest BCUT2D eigenvalue weighted by atomic mass is 19.4. The van der Waals surface area contributed by atoms with E-state index in [9.17, 15) is 27.2 Å². The average molecular weight is 434 g/mol. The van der Waals surface area contributed by atoms with Gasteiger partial charge in [0.15, 0.2) is 11.6 Å². The number of carbonyl (C=O) groups excluding carboxylic acids is 1. The topological polar surface area (TPSA) is 67.7 Å². The van der Waals surface area contributed by atoms with E-state index in [1.54, 1.807) is 27.7 Å². The molecule has 0 bridgehead atoms. The second kappa shape index (κ2) is 7.82. The van der Waals surface area contributed by atoms with Crippen molar-refractivity contribution >= 4 is 17.5 Å². The molecule has 1 aromatic rings. The summed E-state index contributed by atoms with van der Waals surface area (Å²) >= 11 is 0. The molecule has 2 aliphatic rings. The number of nitrogens with zero attached hydrogens (tertiary/aromatic N) is 4. The molecular formula is C19H26F4N4O3. The fraction of sp³-hybridized carbons (Fsp3) is 0.737. The van der Waals surface area contributed by atoms with Gasteiger partial charge in [-0.3, -0.25) is 14.2 Å². The third-order valence-corrected chi connectivity index (χ3v) is 5.50. The van der Waals surface area contributed by atoms with Crippen LogP contribution in [0.4, 0.5) is 29.3 Å². The van der Waals surface area contributed by atoms with E-state index in [1.165, 1.54) is 4.90 Å². The molecule has 0 radical (unpaired) electrons. The molecule has 2 atom stereocenters. The summed E-state index contributed by atoms with van der Waals surface area (Å²) in [6.07, 6.45) is -5.11.